The molecule has 0 unspecified atom stereocenters. The van der Waals surface area contributed by atoms with Crippen molar-refractivity contribution in [1.82, 2.24) is 4.98 Å². The van der Waals surface area contributed by atoms with E-state index in [-0.39, 0.29) is 6.61 Å². The van der Waals surface area contributed by atoms with Gasteiger partial charge in [-0.15, -0.1) is 0 Å². The monoisotopic (exact) mass is 226 g/mol. The van der Waals surface area contributed by atoms with Crippen LogP contribution in [0.5, 0.6) is 0 Å². The Hall–Kier alpha value is -1.16. The van der Waals surface area contributed by atoms with Crippen molar-refractivity contribution in [3.8, 4) is 0 Å². The summed E-state index contributed by atoms with van der Waals surface area (Å²) in [6, 6.07) is 1.51. The van der Waals surface area contributed by atoms with Crippen LogP contribution in [0.3, 0.4) is 0 Å². The van der Waals surface area contributed by atoms with E-state index < -0.39 is 5.82 Å². The van der Waals surface area contributed by atoms with E-state index in [9.17, 15) is 4.39 Å². The lowest BCUT2D eigenvalue weighted by Gasteiger charge is -2.22. The Labute approximate surface area is 95.9 Å². The molecule has 0 bridgehead atoms. The van der Waals surface area contributed by atoms with E-state index in [2.05, 4.69) is 11.9 Å². The third-order valence-corrected chi connectivity index (χ3v) is 2.58. The van der Waals surface area contributed by atoms with Gasteiger partial charge in [-0.2, -0.15) is 0 Å². The van der Waals surface area contributed by atoms with Gasteiger partial charge in [-0.1, -0.05) is 13.3 Å². The van der Waals surface area contributed by atoms with E-state index in [0.29, 0.717) is 11.4 Å². The number of rotatable bonds is 6. The zero-order chi connectivity index (χ0) is 12.0. The lowest BCUT2D eigenvalue weighted by Crippen LogP contribution is -2.26. The molecule has 0 saturated carbocycles. The molecule has 1 rings (SSSR count). The number of nitrogens with zero attached hydrogens (tertiary/aromatic N) is 2. The topological polar surface area (TPSA) is 36.4 Å². The molecule has 16 heavy (non-hydrogen) atoms. The van der Waals surface area contributed by atoms with Crippen LogP contribution in [0.4, 0.5) is 10.2 Å². The number of unbranched alkanes of at least 4 members (excludes halogenated alkanes) is 1. The van der Waals surface area contributed by atoms with Gasteiger partial charge in [0.1, 0.15) is 0 Å². The molecule has 0 atom stereocenters. The summed E-state index contributed by atoms with van der Waals surface area (Å²) in [5.41, 5.74) is 0.306. The summed E-state index contributed by atoms with van der Waals surface area (Å²) in [4.78, 5) is 5.95. The number of pyridine rings is 1. The maximum atomic E-state index is 13.9. The molecule has 0 aliphatic carbocycles. The second-order valence-corrected chi connectivity index (χ2v) is 3.70. The fourth-order valence-electron chi connectivity index (χ4n) is 1.58. The van der Waals surface area contributed by atoms with Gasteiger partial charge in [0.15, 0.2) is 11.6 Å². The summed E-state index contributed by atoms with van der Waals surface area (Å²) in [5, 5.41) is 8.99. The average molecular weight is 226 g/mol. The maximum absolute atomic E-state index is 13.9. The Bertz CT molecular complexity index is 331. The highest BCUT2D eigenvalue weighted by Crippen LogP contribution is 2.19. The van der Waals surface area contributed by atoms with Crippen LogP contribution >= 0.6 is 0 Å². The first kappa shape index (κ1) is 12.9. The van der Waals surface area contributed by atoms with Gasteiger partial charge >= 0.3 is 0 Å². The van der Waals surface area contributed by atoms with Gasteiger partial charge in [-0.25, -0.2) is 9.37 Å². The van der Waals surface area contributed by atoms with Crippen LogP contribution in [0.1, 0.15) is 32.3 Å². The fraction of sp³-hybridized carbons (Fsp3) is 0.583. The first-order valence-corrected chi connectivity index (χ1v) is 5.73. The molecule has 0 aliphatic heterocycles. The number of hydrogen-bond acceptors (Lipinski definition) is 3. The van der Waals surface area contributed by atoms with Crippen molar-refractivity contribution in [2.24, 2.45) is 0 Å². The second-order valence-electron chi connectivity index (χ2n) is 3.70. The highest BCUT2D eigenvalue weighted by Gasteiger charge is 2.13. The van der Waals surface area contributed by atoms with Crippen LogP contribution in [0.15, 0.2) is 12.3 Å². The molecule has 0 amide bonds. The number of halogens is 1. The SMILES string of the molecule is CCCCN(CC)c1nccc(CO)c1F. The summed E-state index contributed by atoms with van der Waals surface area (Å²) in [7, 11) is 0. The van der Waals surface area contributed by atoms with Crippen LogP contribution in [-0.4, -0.2) is 23.2 Å². The zero-order valence-electron chi connectivity index (χ0n) is 9.91. The van der Waals surface area contributed by atoms with Gasteiger partial charge in [-0.3, -0.25) is 0 Å². The van der Waals surface area contributed by atoms with Crippen molar-refractivity contribution < 1.29 is 9.50 Å². The number of anilines is 1. The Balaban J connectivity index is 2.91. The largest absolute Gasteiger partial charge is 0.392 e. The normalized spacial score (nSPS) is 10.5. The Morgan fingerprint density at radius 1 is 1.44 bits per heavy atom. The molecule has 1 aromatic rings. The van der Waals surface area contributed by atoms with Crippen LogP contribution in [0.2, 0.25) is 0 Å². The number of aliphatic hydroxyl groups is 1. The lowest BCUT2D eigenvalue weighted by molar-refractivity contribution is 0.275. The highest BCUT2D eigenvalue weighted by molar-refractivity contribution is 5.42. The van der Waals surface area contributed by atoms with Gasteiger partial charge in [0.25, 0.3) is 0 Å². The molecule has 0 saturated heterocycles. The Kier molecular flexibility index (Phi) is 5.19. The summed E-state index contributed by atoms with van der Waals surface area (Å²) in [6.07, 6.45) is 3.62. The van der Waals surface area contributed by atoms with Gasteiger partial charge < -0.3 is 10.0 Å². The molecule has 1 heterocycles. The minimum atomic E-state index is -0.400. The standard InChI is InChI=1S/C12H19FN2O/c1-3-5-8-15(4-2)12-11(13)10(9-16)6-7-14-12/h6-7,16H,3-5,8-9H2,1-2H3. The minimum absolute atomic E-state index is 0.285. The summed E-state index contributed by atoms with van der Waals surface area (Å²) < 4.78 is 13.9. The summed E-state index contributed by atoms with van der Waals surface area (Å²) in [5.74, 6) is -0.0505. The summed E-state index contributed by atoms with van der Waals surface area (Å²) >= 11 is 0. The maximum Gasteiger partial charge on any atom is 0.171 e. The molecule has 0 aliphatic rings. The molecule has 1 N–H and O–H groups in total. The molecule has 0 radical (unpaired) electrons. The van der Waals surface area contributed by atoms with Crippen molar-refractivity contribution in [1.29, 1.82) is 0 Å². The van der Waals surface area contributed by atoms with Crippen molar-refractivity contribution in [2.75, 3.05) is 18.0 Å². The Morgan fingerprint density at radius 2 is 2.19 bits per heavy atom. The zero-order valence-corrected chi connectivity index (χ0v) is 9.91. The third-order valence-electron chi connectivity index (χ3n) is 2.58. The molecule has 0 fully saturated rings. The van der Waals surface area contributed by atoms with Crippen molar-refractivity contribution in [2.45, 2.75) is 33.3 Å². The van der Waals surface area contributed by atoms with Gasteiger partial charge in [0.2, 0.25) is 0 Å². The fourth-order valence-corrected chi connectivity index (χ4v) is 1.58. The molecular formula is C12H19FN2O. The molecule has 90 valence electrons. The molecule has 0 spiro atoms. The highest BCUT2D eigenvalue weighted by atomic mass is 19.1. The molecule has 3 nitrogen and oxygen atoms in total. The van der Waals surface area contributed by atoms with Crippen LogP contribution in [0.25, 0.3) is 0 Å². The summed E-state index contributed by atoms with van der Waals surface area (Å²) in [6.45, 7) is 5.31. The first-order valence-electron chi connectivity index (χ1n) is 5.73. The van der Waals surface area contributed by atoms with Crippen LogP contribution in [0, 0.1) is 5.82 Å². The quantitative estimate of drug-likeness (QED) is 0.808. The third kappa shape index (κ3) is 2.92. The number of aromatic nitrogens is 1. The van der Waals surface area contributed by atoms with E-state index in [1.165, 1.54) is 6.07 Å². The smallest absolute Gasteiger partial charge is 0.171 e. The van der Waals surface area contributed by atoms with E-state index >= 15 is 0 Å². The van der Waals surface area contributed by atoms with Gasteiger partial charge in [0.05, 0.1) is 6.61 Å². The minimum Gasteiger partial charge on any atom is -0.392 e. The predicted octanol–water partition coefficient (Wildman–Crippen LogP) is 2.34. The van der Waals surface area contributed by atoms with E-state index in [1.54, 1.807) is 6.20 Å². The van der Waals surface area contributed by atoms with Crippen molar-refractivity contribution in [3.05, 3.63) is 23.6 Å². The second kappa shape index (κ2) is 6.43. The van der Waals surface area contributed by atoms with Crippen molar-refractivity contribution >= 4 is 5.82 Å². The molecular weight excluding hydrogens is 207 g/mol. The molecule has 1 aromatic heterocycles. The first-order chi connectivity index (χ1) is 7.74. The number of aliphatic hydroxyl groups excluding tert-OH is 1. The predicted molar refractivity (Wildman–Crippen MR) is 62.9 cm³/mol. The van der Waals surface area contributed by atoms with E-state index in [0.717, 1.165) is 25.9 Å². The average Bonchev–Trinajstić information content (AvgIpc) is 2.32. The molecule has 0 aromatic carbocycles. The van der Waals surface area contributed by atoms with Crippen molar-refractivity contribution in [3.63, 3.8) is 0 Å². The van der Waals surface area contributed by atoms with Gasteiger partial charge in [0, 0.05) is 24.8 Å². The number of hydrogen-bond donors (Lipinski definition) is 1. The Morgan fingerprint density at radius 3 is 2.75 bits per heavy atom. The lowest BCUT2D eigenvalue weighted by atomic mass is 10.2. The van der Waals surface area contributed by atoms with Gasteiger partial charge in [-0.05, 0) is 19.4 Å². The van der Waals surface area contributed by atoms with Crippen LogP contribution in [-0.2, 0) is 6.61 Å². The van der Waals surface area contributed by atoms with E-state index in [1.807, 2.05) is 11.8 Å². The van der Waals surface area contributed by atoms with Crippen LogP contribution < -0.4 is 4.90 Å². The molecule has 4 heteroatoms. The van der Waals surface area contributed by atoms with E-state index in [4.69, 9.17) is 5.11 Å².